The van der Waals surface area contributed by atoms with Gasteiger partial charge in [0.25, 0.3) is 0 Å². The monoisotopic (exact) mass is 375 g/mol. The molecule has 0 bridgehead atoms. The van der Waals surface area contributed by atoms with Crippen LogP contribution in [0.2, 0.25) is 0 Å². The van der Waals surface area contributed by atoms with Gasteiger partial charge in [-0.15, -0.1) is 0 Å². The number of carbonyl (C=O) groups excluding carboxylic acids is 2. The number of nitrogens with zero attached hydrogens (tertiary/aromatic N) is 3. The van der Waals surface area contributed by atoms with Gasteiger partial charge in [-0.25, -0.2) is 4.39 Å². The average Bonchev–Trinajstić information content (AvgIpc) is 3.10. The van der Waals surface area contributed by atoms with E-state index in [1.807, 2.05) is 9.80 Å². The lowest BCUT2D eigenvalue weighted by atomic mass is 10.0. The molecule has 3 aliphatic rings. The van der Waals surface area contributed by atoms with Crippen LogP contribution >= 0.6 is 0 Å². The fourth-order valence-corrected chi connectivity index (χ4v) is 4.53. The number of benzene rings is 1. The predicted octanol–water partition coefficient (Wildman–Crippen LogP) is 1.25. The maximum atomic E-state index is 13.2. The lowest BCUT2D eigenvalue weighted by Gasteiger charge is -2.37. The van der Waals surface area contributed by atoms with Gasteiger partial charge < -0.3 is 14.5 Å². The summed E-state index contributed by atoms with van der Waals surface area (Å²) in [5, 5.41) is 0. The zero-order valence-electron chi connectivity index (χ0n) is 15.6. The lowest BCUT2D eigenvalue weighted by Crippen LogP contribution is -2.53. The third-order valence-electron chi connectivity index (χ3n) is 6.10. The first-order chi connectivity index (χ1) is 13.0. The van der Waals surface area contributed by atoms with Crippen LogP contribution in [0.3, 0.4) is 0 Å². The second-order valence-corrected chi connectivity index (χ2v) is 7.76. The minimum atomic E-state index is -0.270. The van der Waals surface area contributed by atoms with Gasteiger partial charge in [0.2, 0.25) is 11.8 Å². The Hall–Kier alpha value is -1.99. The summed E-state index contributed by atoms with van der Waals surface area (Å²) in [4.78, 5) is 30.2. The van der Waals surface area contributed by atoms with E-state index in [9.17, 15) is 14.0 Å². The summed E-state index contributed by atoms with van der Waals surface area (Å²) < 4.78 is 19.0. The first-order valence-corrected chi connectivity index (χ1v) is 9.66. The van der Waals surface area contributed by atoms with Gasteiger partial charge in [-0.3, -0.25) is 14.5 Å². The summed E-state index contributed by atoms with van der Waals surface area (Å²) in [6.07, 6.45) is 1.95. The number of amides is 2. The molecule has 0 unspecified atom stereocenters. The minimum Gasteiger partial charge on any atom is -0.365 e. The van der Waals surface area contributed by atoms with Crippen molar-refractivity contribution in [3.63, 3.8) is 0 Å². The highest BCUT2D eigenvalue weighted by Crippen LogP contribution is 2.29. The first-order valence-electron chi connectivity index (χ1n) is 9.66. The maximum absolute atomic E-state index is 13.2. The van der Waals surface area contributed by atoms with Gasteiger partial charge in [0.1, 0.15) is 12.4 Å². The van der Waals surface area contributed by atoms with Crippen LogP contribution in [0.25, 0.3) is 0 Å². The second-order valence-electron chi connectivity index (χ2n) is 7.76. The van der Waals surface area contributed by atoms with E-state index in [1.165, 1.54) is 12.1 Å². The number of likely N-dealkylation sites (tertiary alicyclic amines) is 2. The molecule has 3 aliphatic heterocycles. The van der Waals surface area contributed by atoms with Crippen molar-refractivity contribution < 1.29 is 18.7 Å². The summed E-state index contributed by atoms with van der Waals surface area (Å²) in [6.45, 7) is 5.43. The Kier molecular flexibility index (Phi) is 5.14. The Balaban J connectivity index is 1.41. The number of hydrogen-bond donors (Lipinski definition) is 0. The summed E-state index contributed by atoms with van der Waals surface area (Å²) in [7, 11) is 0. The van der Waals surface area contributed by atoms with Crippen molar-refractivity contribution in [2.45, 2.75) is 44.5 Å². The Morgan fingerprint density at radius 2 is 1.89 bits per heavy atom. The molecule has 7 heteroatoms. The molecular formula is C20H26FN3O3. The number of piperidine rings is 1. The van der Waals surface area contributed by atoms with Gasteiger partial charge in [-0.05, 0) is 30.5 Å². The van der Waals surface area contributed by atoms with E-state index in [-0.39, 0.29) is 36.4 Å². The maximum Gasteiger partial charge on any atom is 0.249 e. The summed E-state index contributed by atoms with van der Waals surface area (Å²) >= 11 is 0. The fourth-order valence-electron chi connectivity index (χ4n) is 4.53. The van der Waals surface area contributed by atoms with E-state index in [4.69, 9.17) is 4.74 Å². The van der Waals surface area contributed by atoms with Crippen LogP contribution < -0.4 is 0 Å². The summed E-state index contributed by atoms with van der Waals surface area (Å²) in [5.74, 6) is -0.134. The number of ether oxygens (including phenoxy) is 1. The van der Waals surface area contributed by atoms with E-state index in [0.717, 1.165) is 44.6 Å². The summed E-state index contributed by atoms with van der Waals surface area (Å²) in [6, 6.07) is 6.79. The van der Waals surface area contributed by atoms with Gasteiger partial charge in [-0.1, -0.05) is 12.1 Å². The van der Waals surface area contributed by atoms with Crippen molar-refractivity contribution in [1.29, 1.82) is 0 Å². The highest BCUT2D eigenvalue weighted by atomic mass is 19.1. The molecule has 0 radical (unpaired) electrons. The lowest BCUT2D eigenvalue weighted by molar-refractivity contribution is -0.153. The fraction of sp³-hybridized carbons (Fsp3) is 0.600. The molecule has 146 valence electrons. The largest absolute Gasteiger partial charge is 0.365 e. The van der Waals surface area contributed by atoms with Crippen molar-refractivity contribution >= 4 is 11.8 Å². The highest BCUT2D eigenvalue weighted by molar-refractivity contribution is 5.78. The molecule has 1 aromatic rings. The Labute approximate surface area is 158 Å². The average molecular weight is 375 g/mol. The van der Waals surface area contributed by atoms with E-state index in [0.29, 0.717) is 12.6 Å². The topological polar surface area (TPSA) is 53.1 Å². The van der Waals surface area contributed by atoms with Crippen LogP contribution in [-0.2, 0) is 20.9 Å². The van der Waals surface area contributed by atoms with Crippen LogP contribution in [0.5, 0.6) is 0 Å². The number of rotatable bonds is 3. The van der Waals surface area contributed by atoms with Gasteiger partial charge in [0, 0.05) is 45.7 Å². The van der Waals surface area contributed by atoms with Gasteiger partial charge in [0.15, 0.2) is 0 Å². The molecule has 2 amide bonds. The standard InChI is InChI=1S/C20H26FN3O3/c1-14(25)22-8-6-17(7-9-22)23-11-18-19(12-23)27-13-20(26)24(18)10-15-2-4-16(21)5-3-15/h2-5,17-19H,6-13H2,1H3/t18-,19+/m1/s1. The SMILES string of the molecule is CC(=O)N1CCC(N2C[C@@H]3OCC(=O)N(Cc4ccc(F)cc4)[C@@H]3C2)CC1. The molecule has 0 N–H and O–H groups in total. The Morgan fingerprint density at radius 3 is 2.56 bits per heavy atom. The van der Waals surface area contributed by atoms with Crippen molar-refractivity contribution in [3.05, 3.63) is 35.6 Å². The molecule has 3 heterocycles. The van der Waals surface area contributed by atoms with Crippen LogP contribution in [0.15, 0.2) is 24.3 Å². The Morgan fingerprint density at radius 1 is 1.19 bits per heavy atom. The molecule has 0 aromatic heterocycles. The normalized spacial score (nSPS) is 27.1. The van der Waals surface area contributed by atoms with Crippen LogP contribution in [0.1, 0.15) is 25.3 Å². The second kappa shape index (κ2) is 7.56. The smallest absolute Gasteiger partial charge is 0.249 e. The van der Waals surface area contributed by atoms with Crippen molar-refractivity contribution in [2.24, 2.45) is 0 Å². The van der Waals surface area contributed by atoms with Crippen LogP contribution in [0, 0.1) is 5.82 Å². The predicted molar refractivity (Wildman–Crippen MR) is 97.3 cm³/mol. The van der Waals surface area contributed by atoms with Gasteiger partial charge in [-0.2, -0.15) is 0 Å². The van der Waals surface area contributed by atoms with Crippen LogP contribution in [-0.4, -0.2) is 77.5 Å². The zero-order chi connectivity index (χ0) is 19.0. The van der Waals surface area contributed by atoms with E-state index < -0.39 is 0 Å². The van der Waals surface area contributed by atoms with Crippen LogP contribution in [0.4, 0.5) is 4.39 Å². The minimum absolute atomic E-state index is 0.00572. The molecule has 0 saturated carbocycles. The molecular weight excluding hydrogens is 349 g/mol. The molecule has 0 spiro atoms. The molecule has 3 fully saturated rings. The molecule has 0 aliphatic carbocycles. The molecule has 3 saturated heterocycles. The Bertz CT molecular complexity index is 703. The number of fused-ring (bicyclic) bond motifs is 1. The molecule has 1 aromatic carbocycles. The zero-order valence-corrected chi connectivity index (χ0v) is 15.6. The molecule has 6 nitrogen and oxygen atoms in total. The number of carbonyl (C=O) groups is 2. The number of hydrogen-bond acceptors (Lipinski definition) is 4. The van der Waals surface area contributed by atoms with Crippen molar-refractivity contribution in [2.75, 3.05) is 32.8 Å². The van der Waals surface area contributed by atoms with E-state index >= 15 is 0 Å². The molecule has 4 rings (SSSR count). The number of morpholine rings is 1. The summed E-state index contributed by atoms with van der Waals surface area (Å²) in [5.41, 5.74) is 0.929. The van der Waals surface area contributed by atoms with Crippen molar-refractivity contribution in [1.82, 2.24) is 14.7 Å². The van der Waals surface area contributed by atoms with E-state index in [2.05, 4.69) is 4.90 Å². The first kappa shape index (κ1) is 18.4. The highest BCUT2D eigenvalue weighted by Gasteiger charge is 2.45. The van der Waals surface area contributed by atoms with Gasteiger partial charge >= 0.3 is 0 Å². The van der Waals surface area contributed by atoms with Gasteiger partial charge in [0.05, 0.1) is 12.1 Å². The van der Waals surface area contributed by atoms with Crippen molar-refractivity contribution in [3.8, 4) is 0 Å². The quantitative estimate of drug-likeness (QED) is 0.798. The third kappa shape index (κ3) is 3.84. The molecule has 27 heavy (non-hydrogen) atoms. The van der Waals surface area contributed by atoms with E-state index in [1.54, 1.807) is 19.1 Å². The molecule has 2 atom stereocenters. The number of halogens is 1. The third-order valence-corrected chi connectivity index (χ3v) is 6.10.